The highest BCUT2D eigenvalue weighted by Gasteiger charge is 2.40. The van der Waals surface area contributed by atoms with Crippen molar-refractivity contribution in [3.63, 3.8) is 0 Å². The van der Waals surface area contributed by atoms with Crippen LogP contribution in [0.1, 0.15) is 73.1 Å². The van der Waals surface area contributed by atoms with Gasteiger partial charge in [0.2, 0.25) is 0 Å². The molecule has 0 radical (unpaired) electrons. The van der Waals surface area contributed by atoms with Crippen LogP contribution in [0.4, 0.5) is 0 Å². The van der Waals surface area contributed by atoms with E-state index in [1.54, 1.807) is 0 Å². The first-order valence-electron chi connectivity index (χ1n) is 9.12. The van der Waals surface area contributed by atoms with Crippen LogP contribution in [0.3, 0.4) is 0 Å². The molecule has 0 aromatic heterocycles. The predicted molar refractivity (Wildman–Crippen MR) is 88.8 cm³/mol. The molecule has 4 atom stereocenters. The van der Waals surface area contributed by atoms with Crippen LogP contribution < -0.4 is 5.32 Å². The van der Waals surface area contributed by atoms with Gasteiger partial charge in [0.05, 0.1) is 0 Å². The third kappa shape index (κ3) is 4.23. The summed E-state index contributed by atoms with van der Waals surface area (Å²) in [5, 5.41) is 3.64. The van der Waals surface area contributed by atoms with E-state index in [0.717, 1.165) is 36.1 Å². The molecule has 1 heteroatoms. The quantitative estimate of drug-likeness (QED) is 0.754. The molecule has 2 saturated carbocycles. The summed E-state index contributed by atoms with van der Waals surface area (Å²) in [6.45, 7) is 14.6. The van der Waals surface area contributed by atoms with Gasteiger partial charge in [-0.05, 0) is 86.6 Å². The maximum Gasteiger partial charge on any atom is -0.00179 e. The molecule has 4 unspecified atom stereocenters. The Bertz CT molecular complexity index is 286. The van der Waals surface area contributed by atoms with E-state index in [4.69, 9.17) is 0 Å². The van der Waals surface area contributed by atoms with Crippen LogP contribution in [0.2, 0.25) is 0 Å². The predicted octanol–water partition coefficient (Wildman–Crippen LogP) is 5.11. The van der Waals surface area contributed by atoms with Gasteiger partial charge < -0.3 is 5.32 Å². The summed E-state index contributed by atoms with van der Waals surface area (Å²) in [7, 11) is 0. The first kappa shape index (κ1) is 16.3. The Balaban J connectivity index is 2.05. The lowest BCUT2D eigenvalue weighted by molar-refractivity contribution is 0.0374. The van der Waals surface area contributed by atoms with Gasteiger partial charge in [-0.25, -0.2) is 0 Å². The molecule has 0 aromatic carbocycles. The van der Waals surface area contributed by atoms with E-state index in [9.17, 15) is 0 Å². The Labute approximate surface area is 127 Å². The van der Waals surface area contributed by atoms with E-state index < -0.39 is 0 Å². The third-order valence-corrected chi connectivity index (χ3v) is 6.06. The zero-order valence-electron chi connectivity index (χ0n) is 14.5. The molecule has 0 heterocycles. The zero-order chi connectivity index (χ0) is 14.8. The van der Waals surface area contributed by atoms with Crippen LogP contribution in [-0.2, 0) is 0 Å². The van der Waals surface area contributed by atoms with Crippen LogP contribution in [0, 0.1) is 35.0 Å². The standard InChI is InChI=1S/C19H37N/c1-6-20-13-16-7-8-19(4,5)12-18(16)17-10-14(2)9-15(3)11-17/h14-18,20H,6-13H2,1-5H3. The second-order valence-electron chi connectivity index (χ2n) is 8.82. The first-order valence-corrected chi connectivity index (χ1v) is 9.12. The Kier molecular flexibility index (Phi) is 5.56. The lowest BCUT2D eigenvalue weighted by atomic mass is 9.59. The molecule has 0 bridgehead atoms. The largest absolute Gasteiger partial charge is 0.317 e. The smallest absolute Gasteiger partial charge is 0.00179 e. The minimum absolute atomic E-state index is 0.581. The molecule has 20 heavy (non-hydrogen) atoms. The summed E-state index contributed by atoms with van der Waals surface area (Å²) in [5.74, 6) is 4.81. The molecule has 0 aromatic rings. The molecule has 0 spiro atoms. The average molecular weight is 280 g/mol. The molecule has 0 amide bonds. The lowest BCUT2D eigenvalue weighted by Gasteiger charge is -2.47. The van der Waals surface area contributed by atoms with Gasteiger partial charge in [-0.15, -0.1) is 0 Å². The number of rotatable bonds is 4. The SMILES string of the molecule is CCNCC1CCC(C)(C)CC1C1CC(C)CC(C)C1. The van der Waals surface area contributed by atoms with Crippen molar-refractivity contribution in [3.8, 4) is 0 Å². The van der Waals surface area contributed by atoms with Crippen molar-refractivity contribution in [3.05, 3.63) is 0 Å². The Morgan fingerprint density at radius 2 is 1.70 bits per heavy atom. The van der Waals surface area contributed by atoms with Gasteiger partial charge in [0.25, 0.3) is 0 Å². The average Bonchev–Trinajstić information content (AvgIpc) is 2.35. The maximum atomic E-state index is 3.64. The van der Waals surface area contributed by atoms with E-state index in [2.05, 4.69) is 39.9 Å². The zero-order valence-corrected chi connectivity index (χ0v) is 14.5. The lowest BCUT2D eigenvalue weighted by Crippen LogP contribution is -2.41. The fourth-order valence-electron chi connectivity index (χ4n) is 5.19. The summed E-state index contributed by atoms with van der Waals surface area (Å²) in [4.78, 5) is 0. The van der Waals surface area contributed by atoms with Gasteiger partial charge in [0.15, 0.2) is 0 Å². The summed E-state index contributed by atoms with van der Waals surface area (Å²) in [6.07, 6.45) is 8.79. The number of nitrogens with one attached hydrogen (secondary N) is 1. The van der Waals surface area contributed by atoms with Gasteiger partial charge >= 0.3 is 0 Å². The van der Waals surface area contributed by atoms with Crippen molar-refractivity contribution in [1.29, 1.82) is 0 Å². The molecule has 2 fully saturated rings. The van der Waals surface area contributed by atoms with Gasteiger partial charge in [-0.3, -0.25) is 0 Å². The van der Waals surface area contributed by atoms with Crippen molar-refractivity contribution in [1.82, 2.24) is 5.32 Å². The third-order valence-electron chi connectivity index (χ3n) is 6.06. The van der Waals surface area contributed by atoms with E-state index in [-0.39, 0.29) is 0 Å². The second kappa shape index (κ2) is 6.81. The molecule has 2 aliphatic carbocycles. The Morgan fingerprint density at radius 1 is 1.05 bits per heavy atom. The minimum atomic E-state index is 0.581. The molecule has 1 N–H and O–H groups in total. The van der Waals surface area contributed by atoms with Crippen LogP contribution in [0.5, 0.6) is 0 Å². The number of hydrogen-bond donors (Lipinski definition) is 1. The highest BCUT2D eigenvalue weighted by molar-refractivity contribution is 4.91. The van der Waals surface area contributed by atoms with Gasteiger partial charge in [0.1, 0.15) is 0 Å². The van der Waals surface area contributed by atoms with Gasteiger partial charge in [0, 0.05) is 0 Å². The minimum Gasteiger partial charge on any atom is -0.317 e. The number of hydrogen-bond acceptors (Lipinski definition) is 1. The Hall–Kier alpha value is -0.0400. The topological polar surface area (TPSA) is 12.0 Å². The normalized spacial score (nSPS) is 41.5. The maximum absolute atomic E-state index is 3.64. The van der Waals surface area contributed by atoms with Crippen LogP contribution >= 0.6 is 0 Å². The van der Waals surface area contributed by atoms with Crippen LogP contribution in [-0.4, -0.2) is 13.1 Å². The monoisotopic (exact) mass is 279 g/mol. The second-order valence-corrected chi connectivity index (χ2v) is 8.82. The molecule has 0 saturated heterocycles. The van der Waals surface area contributed by atoms with Crippen molar-refractivity contribution >= 4 is 0 Å². The Morgan fingerprint density at radius 3 is 2.30 bits per heavy atom. The molecule has 118 valence electrons. The first-order chi connectivity index (χ1) is 9.41. The highest BCUT2D eigenvalue weighted by Crippen LogP contribution is 2.49. The van der Waals surface area contributed by atoms with Crippen molar-refractivity contribution in [2.75, 3.05) is 13.1 Å². The van der Waals surface area contributed by atoms with E-state index >= 15 is 0 Å². The van der Waals surface area contributed by atoms with E-state index in [1.165, 1.54) is 45.1 Å². The van der Waals surface area contributed by atoms with Crippen molar-refractivity contribution in [2.45, 2.75) is 73.1 Å². The summed E-state index contributed by atoms with van der Waals surface area (Å²) < 4.78 is 0. The van der Waals surface area contributed by atoms with Gasteiger partial charge in [-0.1, -0.05) is 34.6 Å². The van der Waals surface area contributed by atoms with Crippen molar-refractivity contribution in [2.24, 2.45) is 35.0 Å². The molecule has 2 rings (SSSR count). The highest BCUT2D eigenvalue weighted by atomic mass is 14.8. The fourth-order valence-corrected chi connectivity index (χ4v) is 5.19. The van der Waals surface area contributed by atoms with Crippen LogP contribution in [0.25, 0.3) is 0 Å². The summed E-state index contributed by atoms with van der Waals surface area (Å²) >= 11 is 0. The summed E-state index contributed by atoms with van der Waals surface area (Å²) in [5.41, 5.74) is 0.581. The van der Waals surface area contributed by atoms with Crippen LogP contribution in [0.15, 0.2) is 0 Å². The fraction of sp³-hybridized carbons (Fsp3) is 1.00. The molecule has 1 nitrogen and oxygen atoms in total. The summed E-state index contributed by atoms with van der Waals surface area (Å²) in [6, 6.07) is 0. The molecular formula is C19H37N. The van der Waals surface area contributed by atoms with Gasteiger partial charge in [-0.2, -0.15) is 0 Å². The van der Waals surface area contributed by atoms with E-state index in [0.29, 0.717) is 5.41 Å². The van der Waals surface area contributed by atoms with Crippen molar-refractivity contribution < 1.29 is 0 Å². The molecular weight excluding hydrogens is 242 g/mol. The molecule has 0 aliphatic heterocycles. The molecule has 2 aliphatic rings. The van der Waals surface area contributed by atoms with E-state index in [1.807, 2.05) is 0 Å².